The van der Waals surface area contributed by atoms with Crippen molar-refractivity contribution in [1.82, 2.24) is 0 Å². The number of rotatable bonds is 9. The molecule has 1 fully saturated rings. The molecule has 4 rings (SSSR count). The van der Waals surface area contributed by atoms with Crippen LogP contribution in [0.5, 0.6) is 0 Å². The normalized spacial score (nSPS) is 13.6. The van der Waals surface area contributed by atoms with Crippen LogP contribution in [0, 0.1) is 11.3 Å². The summed E-state index contributed by atoms with van der Waals surface area (Å²) in [6.07, 6.45) is 22.9. The van der Waals surface area contributed by atoms with Crippen LogP contribution in [0.2, 0.25) is 0 Å². The van der Waals surface area contributed by atoms with Crippen molar-refractivity contribution in [2.75, 3.05) is 38.4 Å². The molecule has 0 unspecified atom stereocenters. The fourth-order valence-electron chi connectivity index (χ4n) is 4.53. The Hall–Kier alpha value is -4.32. The zero-order valence-electron chi connectivity index (χ0n) is 31.5. The van der Waals surface area contributed by atoms with Crippen LogP contribution in [-0.2, 0) is 0 Å². The van der Waals surface area contributed by atoms with E-state index in [1.165, 1.54) is 55.3 Å². The van der Waals surface area contributed by atoms with Crippen molar-refractivity contribution in [1.29, 1.82) is 5.41 Å². The van der Waals surface area contributed by atoms with Crippen LogP contribution in [0.25, 0.3) is 0 Å². The molecule has 1 saturated carbocycles. The standard InChI is InChI=1S/C15H25N.C10H10N2.C9H14N2.C4H8.C2H5N.C2H4/c1-3-4-5-6-10-13-15(16-2)14-11-8-7-9-12-14;1-8-7-10(12-11-8)9-5-3-2-4-6-9;1-10-8-4-6-9(7-5-8)11(2)3;1-3-4-2;1-2-3;1-2/h4-6,10,14H,3,7-9,11-13H2,1-2H3;2-6H,7H2,1H3;4-7,10H,1-3H3;3H,1,4H2,2H3;2-3H,1H3;1-2H2/b5-4-,10-6-,16-15?;;;;;. The summed E-state index contributed by atoms with van der Waals surface area (Å²) in [5.74, 6) is 0.763. The fraction of sp³-hybridized carbons (Fsp3) is 0.429. The van der Waals surface area contributed by atoms with Gasteiger partial charge < -0.3 is 15.6 Å². The first kappa shape index (κ1) is 45.8. The topological polar surface area (TPSA) is 76.2 Å². The van der Waals surface area contributed by atoms with Gasteiger partial charge in [0.1, 0.15) is 0 Å². The molecule has 0 atom stereocenters. The molecule has 2 aromatic carbocycles. The van der Waals surface area contributed by atoms with E-state index in [-0.39, 0.29) is 0 Å². The third-order valence-corrected chi connectivity index (χ3v) is 7.14. The predicted octanol–water partition coefficient (Wildman–Crippen LogP) is 11.6. The highest BCUT2D eigenvalue weighted by Crippen LogP contribution is 2.26. The molecule has 6 heteroatoms. The summed E-state index contributed by atoms with van der Waals surface area (Å²) in [7, 11) is 7.94. The van der Waals surface area contributed by atoms with Gasteiger partial charge in [-0.15, -0.1) is 19.7 Å². The van der Waals surface area contributed by atoms with Gasteiger partial charge >= 0.3 is 0 Å². The van der Waals surface area contributed by atoms with Crippen LogP contribution >= 0.6 is 0 Å². The number of nitrogens with one attached hydrogen (secondary N) is 2. The zero-order chi connectivity index (χ0) is 36.4. The number of aliphatic imine (C=N–C) groups is 1. The van der Waals surface area contributed by atoms with E-state index in [0.717, 1.165) is 48.7 Å². The highest BCUT2D eigenvalue weighted by Gasteiger charge is 2.17. The lowest BCUT2D eigenvalue weighted by Crippen LogP contribution is -2.17. The SMILES string of the molecule is C=C.C=CCC.CC/C=C\C=C/CC(=NC)C1CCCCC1.CC1=NN=C(c2ccccc2)C1.CC=N.CNc1ccc(N(C)C)cc1. The maximum Gasteiger partial charge on any atom is 0.0759 e. The molecule has 6 nitrogen and oxygen atoms in total. The molecule has 0 amide bonds. The highest BCUT2D eigenvalue weighted by molar-refractivity contribution is 6.14. The van der Waals surface area contributed by atoms with Gasteiger partial charge in [-0.25, -0.2) is 0 Å². The van der Waals surface area contributed by atoms with Crippen molar-refractivity contribution in [3.8, 4) is 0 Å². The van der Waals surface area contributed by atoms with Gasteiger partial charge in [-0.2, -0.15) is 10.2 Å². The average Bonchev–Trinajstić information content (AvgIpc) is 3.58. The van der Waals surface area contributed by atoms with E-state index in [2.05, 4.69) is 120 Å². The van der Waals surface area contributed by atoms with Gasteiger partial charge in [-0.05, 0) is 81.5 Å². The second-order valence-electron chi connectivity index (χ2n) is 11.1. The summed E-state index contributed by atoms with van der Waals surface area (Å²) in [6.45, 7) is 17.4. The van der Waals surface area contributed by atoms with E-state index in [1.54, 1.807) is 6.92 Å². The lowest BCUT2D eigenvalue weighted by atomic mass is 9.84. The Morgan fingerprint density at radius 3 is 1.94 bits per heavy atom. The number of nitrogens with zero attached hydrogens (tertiary/aromatic N) is 4. The van der Waals surface area contributed by atoms with E-state index >= 15 is 0 Å². The summed E-state index contributed by atoms with van der Waals surface area (Å²) in [4.78, 5) is 6.55. The molecule has 48 heavy (non-hydrogen) atoms. The lowest BCUT2D eigenvalue weighted by molar-refractivity contribution is 0.436. The molecule has 0 bridgehead atoms. The second-order valence-corrected chi connectivity index (χ2v) is 11.1. The van der Waals surface area contributed by atoms with E-state index in [1.807, 2.05) is 59.4 Å². The van der Waals surface area contributed by atoms with Crippen molar-refractivity contribution in [2.24, 2.45) is 21.1 Å². The van der Waals surface area contributed by atoms with Gasteiger partial charge in [-0.1, -0.05) is 93.8 Å². The third-order valence-electron chi connectivity index (χ3n) is 7.14. The van der Waals surface area contributed by atoms with Crippen LogP contribution in [-0.4, -0.2) is 51.5 Å². The summed E-state index contributed by atoms with van der Waals surface area (Å²) in [5, 5.41) is 17.2. The number of allylic oxidation sites excluding steroid dienone is 5. The first-order valence-electron chi connectivity index (χ1n) is 17.2. The first-order valence-corrected chi connectivity index (χ1v) is 17.2. The summed E-state index contributed by atoms with van der Waals surface area (Å²) in [5.41, 5.74) is 7.13. The first-order chi connectivity index (χ1) is 23.3. The Labute approximate surface area is 294 Å². The molecule has 264 valence electrons. The minimum Gasteiger partial charge on any atom is -0.388 e. The van der Waals surface area contributed by atoms with Crippen molar-refractivity contribution in [2.45, 2.75) is 85.5 Å². The summed E-state index contributed by atoms with van der Waals surface area (Å²) in [6, 6.07) is 18.5. The van der Waals surface area contributed by atoms with Gasteiger partial charge in [0.15, 0.2) is 0 Å². The van der Waals surface area contributed by atoms with E-state index < -0.39 is 0 Å². The molecule has 1 aliphatic carbocycles. The largest absolute Gasteiger partial charge is 0.388 e. The monoisotopic (exact) mass is 655 g/mol. The van der Waals surface area contributed by atoms with Gasteiger partial charge in [-0.3, -0.25) is 4.99 Å². The Morgan fingerprint density at radius 1 is 0.938 bits per heavy atom. The van der Waals surface area contributed by atoms with Crippen LogP contribution in [0.4, 0.5) is 11.4 Å². The zero-order valence-corrected chi connectivity index (χ0v) is 31.5. The quantitative estimate of drug-likeness (QED) is 0.160. The molecule has 0 saturated heterocycles. The van der Waals surface area contributed by atoms with Gasteiger partial charge in [0.2, 0.25) is 0 Å². The minimum atomic E-state index is 0.763. The number of hydrogen-bond donors (Lipinski definition) is 2. The Morgan fingerprint density at radius 2 is 1.50 bits per heavy atom. The van der Waals surface area contributed by atoms with Crippen molar-refractivity contribution in [3.05, 3.63) is 110 Å². The van der Waals surface area contributed by atoms with Gasteiger partial charge in [0.25, 0.3) is 0 Å². The number of hydrogen-bond acceptors (Lipinski definition) is 6. The molecule has 0 radical (unpaired) electrons. The third kappa shape index (κ3) is 23.1. The van der Waals surface area contributed by atoms with Gasteiger partial charge in [0, 0.05) is 63.8 Å². The van der Waals surface area contributed by atoms with Crippen LogP contribution in [0.3, 0.4) is 0 Å². The van der Waals surface area contributed by atoms with E-state index in [4.69, 9.17) is 5.41 Å². The summed E-state index contributed by atoms with van der Waals surface area (Å²) < 4.78 is 0. The van der Waals surface area contributed by atoms with Crippen molar-refractivity contribution >= 4 is 34.7 Å². The smallest absolute Gasteiger partial charge is 0.0759 e. The predicted molar refractivity (Wildman–Crippen MR) is 220 cm³/mol. The fourth-order valence-corrected chi connectivity index (χ4v) is 4.53. The Bertz CT molecular complexity index is 1210. The Kier molecular flexibility index (Phi) is 31.1. The summed E-state index contributed by atoms with van der Waals surface area (Å²) >= 11 is 0. The number of anilines is 2. The van der Waals surface area contributed by atoms with E-state index in [0.29, 0.717) is 0 Å². The van der Waals surface area contributed by atoms with Crippen LogP contribution in [0.1, 0.15) is 91.0 Å². The van der Waals surface area contributed by atoms with Gasteiger partial charge in [0.05, 0.1) is 5.71 Å². The van der Waals surface area contributed by atoms with E-state index in [9.17, 15) is 0 Å². The highest BCUT2D eigenvalue weighted by atomic mass is 15.2. The lowest BCUT2D eigenvalue weighted by Gasteiger charge is -2.22. The molecule has 2 N–H and O–H groups in total. The van der Waals surface area contributed by atoms with Crippen LogP contribution < -0.4 is 10.2 Å². The van der Waals surface area contributed by atoms with Crippen molar-refractivity contribution < 1.29 is 0 Å². The second kappa shape index (κ2) is 32.6. The molecule has 1 heterocycles. The molecule has 0 spiro atoms. The average molecular weight is 655 g/mol. The molecular weight excluding hydrogens is 589 g/mol. The molecule has 2 aromatic rings. The maximum absolute atomic E-state index is 6.08. The van der Waals surface area contributed by atoms with Crippen LogP contribution in [0.15, 0.2) is 120 Å². The number of benzene rings is 2. The molecule has 0 aromatic heterocycles. The minimum absolute atomic E-state index is 0.763. The van der Waals surface area contributed by atoms with Crippen molar-refractivity contribution in [3.63, 3.8) is 0 Å². The Balaban J connectivity index is 0. The maximum atomic E-state index is 6.08. The molecule has 1 aliphatic heterocycles. The molecule has 2 aliphatic rings. The molecular formula is C42H66N6.